The molecule has 0 fully saturated rings. The highest BCUT2D eigenvalue weighted by Crippen LogP contribution is 2.09. The molecule has 0 atom stereocenters. The SMILES string of the molecule is CCCCCCCCCCCOC(=O)/C=C/C(=O)OC(C)C. The number of esters is 2. The zero-order valence-corrected chi connectivity index (χ0v) is 14.4. The van der Waals surface area contributed by atoms with E-state index in [0.717, 1.165) is 25.0 Å². The molecule has 0 aliphatic carbocycles. The Kier molecular flexibility index (Phi) is 13.7. The molecule has 0 aromatic rings. The van der Waals surface area contributed by atoms with Crippen LogP contribution in [0.4, 0.5) is 0 Å². The van der Waals surface area contributed by atoms with E-state index in [4.69, 9.17) is 9.47 Å². The Morgan fingerprint density at radius 3 is 1.86 bits per heavy atom. The number of hydrogen-bond acceptors (Lipinski definition) is 4. The van der Waals surface area contributed by atoms with E-state index in [0.29, 0.717) is 6.61 Å². The third-order valence-corrected chi connectivity index (χ3v) is 3.20. The van der Waals surface area contributed by atoms with E-state index in [1.165, 1.54) is 44.9 Å². The Hall–Kier alpha value is -1.32. The van der Waals surface area contributed by atoms with Crippen molar-refractivity contribution in [3.8, 4) is 0 Å². The zero-order chi connectivity index (χ0) is 16.6. The van der Waals surface area contributed by atoms with Crippen molar-refractivity contribution >= 4 is 11.9 Å². The number of carbonyl (C=O) groups excluding carboxylic acids is 2. The quantitative estimate of drug-likeness (QED) is 0.284. The maximum atomic E-state index is 11.4. The van der Waals surface area contributed by atoms with Gasteiger partial charge >= 0.3 is 11.9 Å². The van der Waals surface area contributed by atoms with Gasteiger partial charge in [-0.05, 0) is 20.3 Å². The number of ether oxygens (including phenoxy) is 2. The van der Waals surface area contributed by atoms with E-state index in [9.17, 15) is 9.59 Å². The lowest BCUT2D eigenvalue weighted by Crippen LogP contribution is -2.09. The topological polar surface area (TPSA) is 52.6 Å². The van der Waals surface area contributed by atoms with Gasteiger partial charge in [-0.1, -0.05) is 58.3 Å². The number of unbranched alkanes of at least 4 members (excludes halogenated alkanes) is 8. The van der Waals surface area contributed by atoms with Crippen molar-refractivity contribution in [3.05, 3.63) is 12.2 Å². The van der Waals surface area contributed by atoms with E-state index in [2.05, 4.69) is 6.92 Å². The van der Waals surface area contributed by atoms with Gasteiger partial charge in [-0.2, -0.15) is 0 Å². The molecule has 0 saturated carbocycles. The molecule has 128 valence electrons. The molecule has 0 radical (unpaired) electrons. The van der Waals surface area contributed by atoms with Gasteiger partial charge in [-0.15, -0.1) is 0 Å². The summed E-state index contributed by atoms with van der Waals surface area (Å²) in [6, 6.07) is 0. The fourth-order valence-electron chi connectivity index (χ4n) is 2.04. The van der Waals surface area contributed by atoms with Crippen LogP contribution >= 0.6 is 0 Å². The Balaban J connectivity index is 3.42. The maximum Gasteiger partial charge on any atom is 0.331 e. The summed E-state index contributed by atoms with van der Waals surface area (Å²) in [6.07, 6.45) is 13.1. The second kappa shape index (κ2) is 14.6. The third kappa shape index (κ3) is 15.1. The highest BCUT2D eigenvalue weighted by molar-refractivity contribution is 5.91. The van der Waals surface area contributed by atoms with Crippen LogP contribution in [-0.4, -0.2) is 24.6 Å². The zero-order valence-electron chi connectivity index (χ0n) is 14.4. The molecule has 0 saturated heterocycles. The molecule has 0 aromatic carbocycles. The molecular weight excluding hydrogens is 280 g/mol. The molecule has 4 nitrogen and oxygen atoms in total. The van der Waals surface area contributed by atoms with Crippen LogP contribution in [0.3, 0.4) is 0 Å². The molecule has 0 rings (SSSR count). The third-order valence-electron chi connectivity index (χ3n) is 3.20. The van der Waals surface area contributed by atoms with Crippen molar-refractivity contribution in [1.82, 2.24) is 0 Å². The van der Waals surface area contributed by atoms with Gasteiger partial charge in [0.2, 0.25) is 0 Å². The summed E-state index contributed by atoms with van der Waals surface area (Å²) in [6.45, 7) is 6.16. The maximum absolute atomic E-state index is 11.4. The summed E-state index contributed by atoms with van der Waals surface area (Å²) in [4.78, 5) is 22.5. The lowest BCUT2D eigenvalue weighted by atomic mass is 10.1. The normalized spacial score (nSPS) is 11.1. The minimum Gasteiger partial charge on any atom is -0.463 e. The second-order valence-corrected chi connectivity index (χ2v) is 5.81. The highest BCUT2D eigenvalue weighted by atomic mass is 16.5. The summed E-state index contributed by atoms with van der Waals surface area (Å²) in [5.41, 5.74) is 0. The lowest BCUT2D eigenvalue weighted by Gasteiger charge is -2.04. The fourth-order valence-corrected chi connectivity index (χ4v) is 2.04. The van der Waals surface area contributed by atoms with Crippen molar-refractivity contribution in [1.29, 1.82) is 0 Å². The Labute approximate surface area is 135 Å². The van der Waals surface area contributed by atoms with Gasteiger partial charge < -0.3 is 9.47 Å². The molecule has 0 aliphatic rings. The van der Waals surface area contributed by atoms with Gasteiger partial charge in [0.25, 0.3) is 0 Å². The van der Waals surface area contributed by atoms with Crippen LogP contribution in [0.1, 0.15) is 78.6 Å². The van der Waals surface area contributed by atoms with Crippen LogP contribution in [0.5, 0.6) is 0 Å². The number of hydrogen-bond donors (Lipinski definition) is 0. The van der Waals surface area contributed by atoms with Crippen LogP contribution in [0.2, 0.25) is 0 Å². The van der Waals surface area contributed by atoms with Gasteiger partial charge in [0.15, 0.2) is 0 Å². The smallest absolute Gasteiger partial charge is 0.331 e. The molecule has 0 N–H and O–H groups in total. The monoisotopic (exact) mass is 312 g/mol. The van der Waals surface area contributed by atoms with E-state index < -0.39 is 11.9 Å². The van der Waals surface area contributed by atoms with Crippen molar-refractivity contribution in [2.75, 3.05) is 6.61 Å². The molecule has 0 bridgehead atoms. The second-order valence-electron chi connectivity index (χ2n) is 5.81. The first-order chi connectivity index (χ1) is 10.6. The van der Waals surface area contributed by atoms with E-state index >= 15 is 0 Å². The lowest BCUT2D eigenvalue weighted by molar-refractivity contribution is -0.142. The van der Waals surface area contributed by atoms with E-state index in [-0.39, 0.29) is 6.10 Å². The van der Waals surface area contributed by atoms with E-state index in [1.54, 1.807) is 13.8 Å². The van der Waals surface area contributed by atoms with Crippen LogP contribution < -0.4 is 0 Å². The van der Waals surface area contributed by atoms with Crippen LogP contribution in [0.15, 0.2) is 12.2 Å². The molecule has 0 amide bonds. The Morgan fingerprint density at radius 1 is 0.818 bits per heavy atom. The fraction of sp³-hybridized carbons (Fsp3) is 0.778. The number of carbonyl (C=O) groups is 2. The summed E-state index contributed by atoms with van der Waals surface area (Å²) >= 11 is 0. The molecule has 0 aromatic heterocycles. The van der Waals surface area contributed by atoms with Gasteiger partial charge in [0, 0.05) is 12.2 Å². The Morgan fingerprint density at radius 2 is 1.32 bits per heavy atom. The van der Waals surface area contributed by atoms with Crippen LogP contribution in [0.25, 0.3) is 0 Å². The van der Waals surface area contributed by atoms with Crippen LogP contribution in [0, 0.1) is 0 Å². The molecule has 22 heavy (non-hydrogen) atoms. The predicted octanol–water partition coefficient (Wildman–Crippen LogP) is 4.57. The molecular formula is C18H32O4. The summed E-state index contributed by atoms with van der Waals surface area (Å²) in [7, 11) is 0. The molecule has 0 unspecified atom stereocenters. The van der Waals surface area contributed by atoms with Gasteiger partial charge in [0.1, 0.15) is 0 Å². The first-order valence-electron chi connectivity index (χ1n) is 8.61. The van der Waals surface area contributed by atoms with Crippen molar-refractivity contribution in [2.24, 2.45) is 0 Å². The minimum absolute atomic E-state index is 0.185. The first kappa shape index (κ1) is 20.7. The summed E-state index contributed by atoms with van der Waals surface area (Å²) < 4.78 is 9.90. The van der Waals surface area contributed by atoms with Crippen molar-refractivity contribution in [2.45, 2.75) is 84.7 Å². The van der Waals surface area contributed by atoms with Gasteiger partial charge in [-0.3, -0.25) is 0 Å². The molecule has 4 heteroatoms. The number of rotatable bonds is 13. The predicted molar refractivity (Wildman–Crippen MR) is 88.6 cm³/mol. The van der Waals surface area contributed by atoms with Crippen molar-refractivity contribution in [3.63, 3.8) is 0 Å². The Bertz CT molecular complexity index is 321. The molecule has 0 aliphatic heterocycles. The van der Waals surface area contributed by atoms with Gasteiger partial charge in [0.05, 0.1) is 12.7 Å². The summed E-state index contributed by atoms with van der Waals surface area (Å²) in [5, 5.41) is 0. The average Bonchev–Trinajstić information content (AvgIpc) is 2.46. The van der Waals surface area contributed by atoms with Gasteiger partial charge in [-0.25, -0.2) is 9.59 Å². The minimum atomic E-state index is -0.518. The molecule has 0 heterocycles. The van der Waals surface area contributed by atoms with Crippen molar-refractivity contribution < 1.29 is 19.1 Å². The largest absolute Gasteiger partial charge is 0.463 e. The summed E-state index contributed by atoms with van der Waals surface area (Å²) in [5.74, 6) is -1.00. The van der Waals surface area contributed by atoms with Crippen LogP contribution in [-0.2, 0) is 19.1 Å². The molecule has 0 spiro atoms. The highest BCUT2D eigenvalue weighted by Gasteiger charge is 2.02. The standard InChI is InChI=1S/C18H32O4/c1-4-5-6-7-8-9-10-11-12-15-21-17(19)13-14-18(20)22-16(2)3/h13-14,16H,4-12,15H2,1-3H3/b14-13+. The van der Waals surface area contributed by atoms with E-state index in [1.807, 2.05) is 0 Å². The first-order valence-corrected chi connectivity index (χ1v) is 8.61. The average molecular weight is 312 g/mol.